The lowest BCUT2D eigenvalue weighted by Crippen LogP contribution is -2.54. The van der Waals surface area contributed by atoms with Crippen LogP contribution >= 0.6 is 7.82 Å². The van der Waals surface area contributed by atoms with Gasteiger partial charge in [-0.3, -0.25) is 9.05 Å². The van der Waals surface area contributed by atoms with Gasteiger partial charge in [-0.2, -0.15) is 0 Å². The lowest BCUT2D eigenvalue weighted by Gasteiger charge is -2.43. The third kappa shape index (κ3) is 12.1. The Balaban J connectivity index is 1.75. The Labute approximate surface area is 491 Å². The van der Waals surface area contributed by atoms with Crippen molar-refractivity contribution in [1.29, 1.82) is 0 Å². The van der Waals surface area contributed by atoms with E-state index in [-0.39, 0.29) is 0 Å². The predicted molar refractivity (Wildman–Crippen MR) is 332 cm³/mol. The van der Waals surface area contributed by atoms with Crippen LogP contribution in [0.1, 0.15) is 244 Å². The van der Waals surface area contributed by atoms with Gasteiger partial charge in [0.1, 0.15) is 23.8 Å². The van der Waals surface area contributed by atoms with Crippen LogP contribution in [0.4, 0.5) is 8.78 Å². The zero-order chi connectivity index (χ0) is 61.4. The van der Waals surface area contributed by atoms with Crippen molar-refractivity contribution >= 4 is 7.82 Å². The highest BCUT2D eigenvalue weighted by atomic mass is 31.2. The van der Waals surface area contributed by atoms with Gasteiger partial charge in [0.2, 0.25) is 5.79 Å². The van der Waals surface area contributed by atoms with E-state index >= 15 is 13.3 Å². The Hall–Kier alpha value is -4.79. The normalized spacial score (nSPS) is 19.6. The summed E-state index contributed by atoms with van der Waals surface area (Å²) in [6.07, 6.45) is -2.85. The molecule has 1 N–H and O–H groups in total. The first-order chi connectivity index (χ1) is 37.1. The monoisotopic (exact) mass is 1140 g/mol. The van der Waals surface area contributed by atoms with Crippen LogP contribution in [0.5, 0.6) is 0 Å². The van der Waals surface area contributed by atoms with Gasteiger partial charge in [0.15, 0.2) is 11.2 Å². The van der Waals surface area contributed by atoms with E-state index in [0.29, 0.717) is 33.4 Å². The summed E-state index contributed by atoms with van der Waals surface area (Å²) < 4.78 is 79.7. The van der Waals surface area contributed by atoms with Crippen molar-refractivity contribution in [3.05, 3.63) is 211 Å². The maximum Gasteiger partial charge on any atom is 0.474 e. The second kappa shape index (κ2) is 20.4. The molecule has 0 amide bonds. The molecule has 0 radical (unpaired) electrons. The van der Waals surface area contributed by atoms with E-state index in [1.165, 1.54) is 24.3 Å². The topological polar surface area (TPSA) is 74.2 Å². The number of halogens is 2. The first kappa shape index (κ1) is 63.2. The summed E-state index contributed by atoms with van der Waals surface area (Å²) in [7, 11) is -5.49. The minimum atomic E-state index is -5.49. The van der Waals surface area contributed by atoms with Gasteiger partial charge < -0.3 is 14.4 Å². The van der Waals surface area contributed by atoms with Crippen LogP contribution in [-0.2, 0) is 83.4 Å². The molecule has 0 aromatic heterocycles. The van der Waals surface area contributed by atoms with Crippen LogP contribution in [-0.4, -0.2) is 17.1 Å². The van der Waals surface area contributed by atoms with Crippen molar-refractivity contribution in [2.75, 3.05) is 0 Å². The smallest absolute Gasteiger partial charge is 0.332 e. The first-order valence-electron chi connectivity index (χ1n) is 29.4. The molecule has 2 aliphatic heterocycles. The van der Waals surface area contributed by atoms with E-state index in [4.69, 9.17) is 18.5 Å². The Bertz CT molecular complexity index is 2900. The van der Waals surface area contributed by atoms with Gasteiger partial charge in [-0.15, -0.1) is 0 Å². The van der Waals surface area contributed by atoms with E-state index in [9.17, 15) is 4.89 Å². The number of phosphoric ester groups is 1. The third-order valence-corrected chi connectivity index (χ3v) is 18.0. The van der Waals surface area contributed by atoms with Crippen LogP contribution in [0.2, 0.25) is 0 Å². The average molecular weight is 1140 g/mol. The highest BCUT2D eigenvalue weighted by molar-refractivity contribution is 7.47. The van der Waals surface area contributed by atoms with Crippen molar-refractivity contribution in [2.45, 2.75) is 239 Å². The van der Waals surface area contributed by atoms with Crippen LogP contribution in [0.15, 0.2) is 121 Å². The average Bonchev–Trinajstić information content (AvgIpc) is 1.81. The van der Waals surface area contributed by atoms with Crippen LogP contribution in [0, 0.1) is 11.6 Å². The second-order valence-electron chi connectivity index (χ2n) is 32.0. The van der Waals surface area contributed by atoms with Gasteiger partial charge >= 0.3 is 7.82 Å². The lowest BCUT2D eigenvalue weighted by molar-refractivity contribution is -0.182. The summed E-state index contributed by atoms with van der Waals surface area (Å²) in [4.78, 5) is 13.8. The van der Waals surface area contributed by atoms with Crippen molar-refractivity contribution in [2.24, 2.45) is 0 Å². The van der Waals surface area contributed by atoms with Gasteiger partial charge in [0.05, 0.1) is 0 Å². The van der Waals surface area contributed by atoms with Gasteiger partial charge in [-0.1, -0.05) is 263 Å². The molecule has 2 heterocycles. The number of fused-ring (bicyclic) bond motifs is 1. The van der Waals surface area contributed by atoms with Crippen molar-refractivity contribution < 1.29 is 36.8 Å². The molecule has 0 saturated carbocycles. The van der Waals surface area contributed by atoms with E-state index in [0.717, 1.165) is 44.5 Å². The molecule has 2 aliphatic rings. The number of rotatable bonds is 6. The molecule has 6 nitrogen and oxygen atoms in total. The predicted octanol–water partition coefficient (Wildman–Crippen LogP) is 19.4. The minimum absolute atomic E-state index is 0.402. The van der Waals surface area contributed by atoms with Gasteiger partial charge in [-0.05, 0) is 134 Å². The van der Waals surface area contributed by atoms with Crippen LogP contribution < -0.4 is 0 Å². The van der Waals surface area contributed by atoms with Gasteiger partial charge in [0.25, 0.3) is 0 Å². The van der Waals surface area contributed by atoms with Crippen LogP contribution in [0.25, 0.3) is 0 Å². The zero-order valence-corrected chi connectivity index (χ0v) is 54.8. The third-order valence-electron chi connectivity index (χ3n) is 17.0. The maximum absolute atomic E-state index is 17.0. The van der Waals surface area contributed by atoms with E-state index in [1.54, 1.807) is 24.3 Å². The van der Waals surface area contributed by atoms with E-state index in [1.807, 2.05) is 0 Å². The molecule has 0 bridgehead atoms. The Morgan fingerprint density at radius 1 is 0.329 bits per heavy atom. The largest absolute Gasteiger partial charge is 0.474 e. The fourth-order valence-corrected chi connectivity index (χ4v) is 12.8. The van der Waals surface area contributed by atoms with Crippen molar-refractivity contribution in [1.82, 2.24) is 0 Å². The molecule has 0 spiro atoms. The van der Waals surface area contributed by atoms with E-state index < -0.39 is 92.0 Å². The molecule has 2 fully saturated rings. The molecular weight excluding hydrogens is 1040 g/mol. The fourth-order valence-electron chi connectivity index (χ4n) is 11.4. The number of hydrogen-bond acceptors (Lipinski definition) is 5. The Kier molecular flexibility index (Phi) is 15.8. The number of phosphoric acid groups is 1. The van der Waals surface area contributed by atoms with Gasteiger partial charge in [0, 0.05) is 11.1 Å². The lowest BCUT2D eigenvalue weighted by atomic mass is 9.67. The molecule has 9 heteroatoms. The molecule has 6 aromatic rings. The highest BCUT2D eigenvalue weighted by Crippen LogP contribution is 2.69. The van der Waals surface area contributed by atoms with Crippen molar-refractivity contribution in [3.8, 4) is 0 Å². The zero-order valence-electron chi connectivity index (χ0n) is 53.9. The number of ether oxygens (including phenoxy) is 2. The summed E-state index contributed by atoms with van der Waals surface area (Å²) in [5.74, 6) is -2.94. The molecule has 0 unspecified atom stereocenters. The number of hydrogen-bond donors (Lipinski definition) is 1. The summed E-state index contributed by atoms with van der Waals surface area (Å²) in [6, 6.07) is 37.8. The molecule has 2 saturated heterocycles. The maximum atomic E-state index is 17.0. The summed E-state index contributed by atoms with van der Waals surface area (Å²) in [6.45, 7) is 52.0. The SMILES string of the molecule is CC(C)(C)c1cc(C(C)(C)C)cc(C2(c3cc(C(C)(C)C)cc(C(C)(C)C)c3)OP(=O)(O)OC(c3cc(C(C)(C)C)cc(C(C)(C)C)c3)(c3cc(C(C)(C)C)cc(C(C)(C)C)c3)[C@@H]3OC(c4ccc(F)cc4)(c4ccc(F)cc4)O[C@H]32)c1. The second-order valence-corrected chi connectivity index (χ2v) is 33.3. The number of benzene rings is 6. The molecule has 6 aromatic carbocycles. The highest BCUT2D eigenvalue weighted by Gasteiger charge is 2.71. The Morgan fingerprint density at radius 2 is 0.512 bits per heavy atom. The van der Waals surface area contributed by atoms with Crippen LogP contribution in [0.3, 0.4) is 0 Å². The first-order valence-corrected chi connectivity index (χ1v) is 30.9. The van der Waals surface area contributed by atoms with Crippen molar-refractivity contribution in [3.63, 3.8) is 0 Å². The van der Waals surface area contributed by atoms with Gasteiger partial charge in [-0.25, -0.2) is 13.3 Å². The molecule has 2 atom stereocenters. The molecule has 442 valence electrons. The molecule has 0 aliphatic carbocycles. The van der Waals surface area contributed by atoms with E-state index in [2.05, 4.69) is 239 Å². The molecule has 8 rings (SSSR count). The molecular formula is C73H95F2O6P. The molecule has 82 heavy (non-hydrogen) atoms. The fraction of sp³-hybridized carbons (Fsp3) is 0.507. The minimum Gasteiger partial charge on any atom is -0.332 e. The standard InChI is InChI=1S/C73H95F2O6P/c1-63(2,3)47-33-48(64(4,5)6)38-55(37-47)71(56-39-49(65(7,8)9)34-50(40-56)66(10,11)12)61-62(79-73(78-61,45-25-29-59(74)30-26-45)46-27-31-60(75)32-28-46)72(81-82(76,77)80-71,57-41-51(67(13,14)15)35-52(42-57)68(16,17)18)58-43-53(69(19,20)21)36-54(44-58)70(22,23)24/h25-44,61-62H,1-24H3,(H,76,77)/t61-,62-/m1/s1. The summed E-state index contributed by atoms with van der Waals surface area (Å²) in [5.41, 5.74) is 3.00. The Morgan fingerprint density at radius 3 is 0.683 bits per heavy atom. The summed E-state index contributed by atoms with van der Waals surface area (Å²) in [5, 5.41) is 0. The summed E-state index contributed by atoms with van der Waals surface area (Å²) >= 11 is 0. The quantitative estimate of drug-likeness (QED) is 0.168.